The standard InChI is InChI=1S/C30H32N4O6S/c1-6-39-23-13-11-19(15-25(23)37-4)28-29(20-12-14-24(40-7-2)26(16-20)38-5)33-34-30(32-28)41-18-27(35)31-21-9-8-10-22(17-21)36-3/h8-17H,6-7,18H2,1-5H3,(H,31,35). The number of thioether (sulfide) groups is 1. The quantitative estimate of drug-likeness (QED) is 0.197. The Balaban J connectivity index is 1.67. The molecule has 4 rings (SSSR count). The first-order chi connectivity index (χ1) is 20.0. The van der Waals surface area contributed by atoms with Crippen LogP contribution in [0, 0.1) is 0 Å². The molecule has 1 N–H and O–H groups in total. The van der Waals surface area contributed by atoms with E-state index in [0.717, 1.165) is 11.1 Å². The molecule has 0 bridgehead atoms. The van der Waals surface area contributed by atoms with Crippen LogP contribution < -0.4 is 29.0 Å². The van der Waals surface area contributed by atoms with E-state index in [1.807, 2.05) is 56.3 Å². The first kappa shape index (κ1) is 29.5. The summed E-state index contributed by atoms with van der Waals surface area (Å²) in [6.07, 6.45) is 0. The third-order valence-electron chi connectivity index (χ3n) is 5.83. The molecule has 214 valence electrons. The number of methoxy groups -OCH3 is 3. The molecule has 0 aliphatic rings. The maximum absolute atomic E-state index is 12.7. The lowest BCUT2D eigenvalue weighted by atomic mass is 10.0. The highest BCUT2D eigenvalue weighted by molar-refractivity contribution is 7.99. The number of amides is 1. The highest BCUT2D eigenvalue weighted by Gasteiger charge is 2.19. The Bertz CT molecular complexity index is 1500. The molecule has 0 saturated carbocycles. The molecule has 1 heterocycles. The van der Waals surface area contributed by atoms with E-state index in [0.29, 0.717) is 64.2 Å². The maximum Gasteiger partial charge on any atom is 0.234 e. The Labute approximate surface area is 243 Å². The van der Waals surface area contributed by atoms with Crippen molar-refractivity contribution in [1.29, 1.82) is 0 Å². The lowest BCUT2D eigenvalue weighted by Crippen LogP contribution is -2.14. The molecule has 1 aromatic heterocycles. The average Bonchev–Trinajstić information content (AvgIpc) is 3.00. The number of carbonyl (C=O) groups is 1. The Hall–Kier alpha value is -4.51. The van der Waals surface area contributed by atoms with Gasteiger partial charge in [0.05, 0.1) is 40.3 Å². The van der Waals surface area contributed by atoms with Crippen molar-refractivity contribution in [2.24, 2.45) is 0 Å². The number of benzene rings is 3. The molecule has 3 aromatic carbocycles. The van der Waals surface area contributed by atoms with Crippen LogP contribution >= 0.6 is 11.8 Å². The Morgan fingerprint density at radius 1 is 0.756 bits per heavy atom. The third-order valence-corrected chi connectivity index (χ3v) is 6.66. The van der Waals surface area contributed by atoms with E-state index in [2.05, 4.69) is 15.5 Å². The SMILES string of the molecule is CCOc1ccc(-c2nnc(SCC(=O)Nc3cccc(OC)c3)nc2-c2ccc(OCC)c(OC)c2)cc1OC. The summed E-state index contributed by atoms with van der Waals surface area (Å²) in [5.41, 5.74) is 3.20. The molecule has 0 aliphatic heterocycles. The van der Waals surface area contributed by atoms with Gasteiger partial charge < -0.3 is 29.0 Å². The summed E-state index contributed by atoms with van der Waals surface area (Å²) in [5.74, 6) is 2.89. The van der Waals surface area contributed by atoms with E-state index in [4.69, 9.17) is 28.7 Å². The van der Waals surface area contributed by atoms with E-state index in [9.17, 15) is 4.79 Å². The predicted molar refractivity (Wildman–Crippen MR) is 158 cm³/mol. The van der Waals surface area contributed by atoms with Crippen molar-refractivity contribution >= 4 is 23.4 Å². The molecule has 0 unspecified atom stereocenters. The summed E-state index contributed by atoms with van der Waals surface area (Å²) in [5, 5.41) is 12.1. The van der Waals surface area contributed by atoms with Crippen LogP contribution in [0.25, 0.3) is 22.5 Å². The van der Waals surface area contributed by atoms with Crippen molar-refractivity contribution < 1.29 is 28.5 Å². The topological polar surface area (TPSA) is 114 Å². The summed E-state index contributed by atoms with van der Waals surface area (Å²) in [6.45, 7) is 4.83. The number of hydrogen-bond acceptors (Lipinski definition) is 10. The number of carbonyl (C=O) groups excluding carboxylic acids is 1. The van der Waals surface area contributed by atoms with Crippen molar-refractivity contribution in [1.82, 2.24) is 15.2 Å². The minimum absolute atomic E-state index is 0.0845. The highest BCUT2D eigenvalue weighted by atomic mass is 32.2. The van der Waals surface area contributed by atoms with Crippen LogP contribution in [0.15, 0.2) is 65.8 Å². The summed E-state index contributed by atoms with van der Waals surface area (Å²) in [7, 11) is 4.74. The van der Waals surface area contributed by atoms with Gasteiger partial charge >= 0.3 is 0 Å². The molecule has 41 heavy (non-hydrogen) atoms. The summed E-state index contributed by atoms with van der Waals surface area (Å²) >= 11 is 1.18. The van der Waals surface area contributed by atoms with E-state index >= 15 is 0 Å². The fraction of sp³-hybridized carbons (Fsp3) is 0.267. The van der Waals surface area contributed by atoms with Crippen LogP contribution in [0.1, 0.15) is 13.8 Å². The third kappa shape index (κ3) is 7.37. The zero-order valence-corrected chi connectivity index (χ0v) is 24.4. The van der Waals surface area contributed by atoms with Gasteiger partial charge in [-0.2, -0.15) is 0 Å². The van der Waals surface area contributed by atoms with Gasteiger partial charge in [0.2, 0.25) is 11.1 Å². The number of anilines is 1. The van der Waals surface area contributed by atoms with Gasteiger partial charge in [0.15, 0.2) is 23.0 Å². The zero-order valence-electron chi connectivity index (χ0n) is 23.6. The highest BCUT2D eigenvalue weighted by Crippen LogP contribution is 2.38. The minimum Gasteiger partial charge on any atom is -0.497 e. The van der Waals surface area contributed by atoms with Crippen LogP contribution in [0.4, 0.5) is 5.69 Å². The summed E-state index contributed by atoms with van der Waals surface area (Å²) in [6, 6.07) is 18.3. The Kier molecular flexibility index (Phi) is 10.2. The molecule has 10 nitrogen and oxygen atoms in total. The second-order valence-corrected chi connectivity index (χ2v) is 9.40. The van der Waals surface area contributed by atoms with E-state index in [-0.39, 0.29) is 11.7 Å². The molecule has 1 amide bonds. The van der Waals surface area contributed by atoms with Gasteiger partial charge in [-0.05, 0) is 62.4 Å². The van der Waals surface area contributed by atoms with Gasteiger partial charge in [-0.15, -0.1) is 10.2 Å². The lowest BCUT2D eigenvalue weighted by Gasteiger charge is -2.14. The van der Waals surface area contributed by atoms with E-state index in [1.54, 1.807) is 39.5 Å². The smallest absolute Gasteiger partial charge is 0.234 e. The molecule has 0 fully saturated rings. The van der Waals surface area contributed by atoms with Crippen molar-refractivity contribution in [3.8, 4) is 51.3 Å². The first-order valence-corrected chi connectivity index (χ1v) is 13.9. The molecule has 0 radical (unpaired) electrons. The van der Waals surface area contributed by atoms with Crippen LogP contribution in [0.3, 0.4) is 0 Å². The van der Waals surface area contributed by atoms with Gasteiger partial charge in [-0.3, -0.25) is 4.79 Å². The molecule has 0 spiro atoms. The van der Waals surface area contributed by atoms with Crippen LogP contribution in [0.5, 0.6) is 28.7 Å². The monoisotopic (exact) mass is 576 g/mol. The molecule has 0 atom stereocenters. The van der Waals surface area contributed by atoms with Crippen molar-refractivity contribution in [2.75, 3.05) is 45.6 Å². The maximum atomic E-state index is 12.7. The fourth-order valence-corrected chi connectivity index (χ4v) is 4.56. The van der Waals surface area contributed by atoms with Gasteiger partial charge in [-0.25, -0.2) is 4.98 Å². The second kappa shape index (κ2) is 14.2. The number of hydrogen-bond donors (Lipinski definition) is 1. The van der Waals surface area contributed by atoms with E-state index in [1.165, 1.54) is 11.8 Å². The van der Waals surface area contributed by atoms with Gasteiger partial charge in [-0.1, -0.05) is 17.8 Å². The van der Waals surface area contributed by atoms with Crippen molar-refractivity contribution in [3.63, 3.8) is 0 Å². The van der Waals surface area contributed by atoms with Crippen molar-refractivity contribution in [3.05, 3.63) is 60.7 Å². The first-order valence-electron chi connectivity index (χ1n) is 12.9. The van der Waals surface area contributed by atoms with Gasteiger partial charge in [0.25, 0.3) is 0 Å². The second-order valence-electron chi connectivity index (χ2n) is 8.46. The van der Waals surface area contributed by atoms with E-state index < -0.39 is 0 Å². The molecule has 0 saturated heterocycles. The molecule has 0 aliphatic carbocycles. The zero-order chi connectivity index (χ0) is 29.2. The predicted octanol–water partition coefficient (Wildman–Crippen LogP) is 5.76. The largest absolute Gasteiger partial charge is 0.497 e. The number of ether oxygens (including phenoxy) is 5. The summed E-state index contributed by atoms with van der Waals surface area (Å²) < 4.78 is 27.7. The van der Waals surface area contributed by atoms with Gasteiger partial charge in [0.1, 0.15) is 17.1 Å². The number of rotatable bonds is 13. The van der Waals surface area contributed by atoms with Crippen LogP contribution in [-0.4, -0.2) is 61.4 Å². The Morgan fingerprint density at radius 2 is 1.39 bits per heavy atom. The molecular weight excluding hydrogens is 544 g/mol. The minimum atomic E-state index is -0.212. The fourth-order valence-electron chi connectivity index (χ4n) is 3.98. The molecule has 4 aromatic rings. The summed E-state index contributed by atoms with van der Waals surface area (Å²) in [4.78, 5) is 17.5. The number of nitrogens with one attached hydrogen (secondary N) is 1. The average molecular weight is 577 g/mol. The number of nitrogens with zero attached hydrogens (tertiary/aromatic N) is 3. The Morgan fingerprint density at radius 3 is 1.98 bits per heavy atom. The van der Waals surface area contributed by atoms with Crippen LogP contribution in [0.2, 0.25) is 0 Å². The van der Waals surface area contributed by atoms with Crippen molar-refractivity contribution in [2.45, 2.75) is 19.0 Å². The number of aromatic nitrogens is 3. The van der Waals surface area contributed by atoms with Crippen LogP contribution in [-0.2, 0) is 4.79 Å². The molecule has 11 heteroatoms. The lowest BCUT2D eigenvalue weighted by molar-refractivity contribution is -0.113. The van der Waals surface area contributed by atoms with Gasteiger partial charge in [0, 0.05) is 22.9 Å². The molecular formula is C30H32N4O6S. The normalized spacial score (nSPS) is 10.6.